The first kappa shape index (κ1) is 20.7. The normalized spacial score (nSPS) is 15.4. The SMILES string of the molecule is CCC(Oc1ccc(Cl)c(C)c1)C(=O)NC(CC)c1ccc2c(c1)CCCC2. The molecule has 2 atom stereocenters. The number of halogens is 1. The van der Waals surface area contributed by atoms with Gasteiger partial charge in [0.05, 0.1) is 6.04 Å². The van der Waals surface area contributed by atoms with Crippen molar-refractivity contribution in [3.8, 4) is 5.75 Å². The van der Waals surface area contributed by atoms with Gasteiger partial charge >= 0.3 is 0 Å². The summed E-state index contributed by atoms with van der Waals surface area (Å²) in [5, 5.41) is 3.89. The Labute approximate surface area is 173 Å². The molecule has 0 aliphatic heterocycles. The van der Waals surface area contributed by atoms with Crippen molar-refractivity contribution in [1.29, 1.82) is 0 Å². The Balaban J connectivity index is 1.70. The molecular weight excluding hydrogens is 370 g/mol. The van der Waals surface area contributed by atoms with Crippen LogP contribution in [0.15, 0.2) is 36.4 Å². The second kappa shape index (κ2) is 9.47. The summed E-state index contributed by atoms with van der Waals surface area (Å²) in [5.74, 6) is 0.602. The number of amides is 1. The van der Waals surface area contributed by atoms with Gasteiger partial charge in [-0.1, -0.05) is 43.6 Å². The molecule has 150 valence electrons. The molecule has 3 nitrogen and oxygen atoms in total. The van der Waals surface area contributed by atoms with Crippen LogP contribution in [0.3, 0.4) is 0 Å². The van der Waals surface area contributed by atoms with Crippen molar-refractivity contribution in [2.75, 3.05) is 0 Å². The summed E-state index contributed by atoms with van der Waals surface area (Å²) in [7, 11) is 0. The van der Waals surface area contributed by atoms with E-state index in [9.17, 15) is 4.79 Å². The lowest BCUT2D eigenvalue weighted by Gasteiger charge is -2.24. The van der Waals surface area contributed by atoms with Crippen molar-refractivity contribution in [3.05, 3.63) is 63.7 Å². The van der Waals surface area contributed by atoms with E-state index in [0.717, 1.165) is 18.4 Å². The van der Waals surface area contributed by atoms with E-state index >= 15 is 0 Å². The van der Waals surface area contributed by atoms with Gasteiger partial charge in [-0.3, -0.25) is 4.79 Å². The van der Waals surface area contributed by atoms with Gasteiger partial charge < -0.3 is 10.1 Å². The van der Waals surface area contributed by atoms with Gasteiger partial charge in [-0.2, -0.15) is 0 Å². The highest BCUT2D eigenvalue weighted by atomic mass is 35.5. The van der Waals surface area contributed by atoms with E-state index in [-0.39, 0.29) is 11.9 Å². The Morgan fingerprint density at radius 3 is 2.50 bits per heavy atom. The molecule has 1 aliphatic carbocycles. The lowest BCUT2D eigenvalue weighted by molar-refractivity contribution is -0.128. The minimum absolute atomic E-state index is 0.00401. The van der Waals surface area contributed by atoms with Crippen LogP contribution in [0.25, 0.3) is 0 Å². The Hall–Kier alpha value is -2.00. The van der Waals surface area contributed by atoms with E-state index < -0.39 is 6.10 Å². The number of ether oxygens (including phenoxy) is 1. The van der Waals surface area contributed by atoms with E-state index in [1.165, 1.54) is 36.0 Å². The van der Waals surface area contributed by atoms with Crippen molar-refractivity contribution in [2.45, 2.75) is 71.4 Å². The molecule has 28 heavy (non-hydrogen) atoms. The summed E-state index contributed by atoms with van der Waals surface area (Å²) in [6, 6.07) is 12.2. The average molecular weight is 400 g/mol. The molecule has 2 aromatic rings. The molecule has 0 bridgehead atoms. The molecular formula is C24H30ClNO2. The number of hydrogen-bond donors (Lipinski definition) is 1. The smallest absolute Gasteiger partial charge is 0.261 e. The Kier molecular flexibility index (Phi) is 7.01. The number of aryl methyl sites for hydroxylation is 3. The zero-order valence-electron chi connectivity index (χ0n) is 17.1. The van der Waals surface area contributed by atoms with Crippen LogP contribution in [0.4, 0.5) is 0 Å². The van der Waals surface area contributed by atoms with E-state index in [4.69, 9.17) is 16.3 Å². The first-order chi connectivity index (χ1) is 13.5. The number of rotatable bonds is 7. The zero-order chi connectivity index (χ0) is 20.1. The van der Waals surface area contributed by atoms with Crippen molar-refractivity contribution >= 4 is 17.5 Å². The predicted molar refractivity (Wildman–Crippen MR) is 115 cm³/mol. The largest absolute Gasteiger partial charge is 0.481 e. The first-order valence-corrected chi connectivity index (χ1v) is 10.7. The van der Waals surface area contributed by atoms with Gasteiger partial charge in [-0.15, -0.1) is 0 Å². The van der Waals surface area contributed by atoms with Crippen molar-refractivity contribution < 1.29 is 9.53 Å². The minimum atomic E-state index is -0.521. The number of hydrogen-bond acceptors (Lipinski definition) is 2. The summed E-state index contributed by atoms with van der Waals surface area (Å²) in [4.78, 5) is 12.9. The van der Waals surface area contributed by atoms with Gasteiger partial charge in [0.2, 0.25) is 0 Å². The first-order valence-electron chi connectivity index (χ1n) is 10.4. The lowest BCUT2D eigenvalue weighted by atomic mass is 9.88. The summed E-state index contributed by atoms with van der Waals surface area (Å²) in [6.45, 7) is 6.00. The fraction of sp³-hybridized carbons (Fsp3) is 0.458. The van der Waals surface area contributed by atoms with Crippen LogP contribution in [-0.2, 0) is 17.6 Å². The van der Waals surface area contributed by atoms with Crippen LogP contribution in [0.2, 0.25) is 5.02 Å². The highest BCUT2D eigenvalue weighted by Crippen LogP contribution is 2.27. The molecule has 0 spiro atoms. The average Bonchev–Trinajstić information content (AvgIpc) is 2.72. The van der Waals surface area contributed by atoms with Crippen molar-refractivity contribution in [1.82, 2.24) is 5.32 Å². The number of fused-ring (bicyclic) bond motifs is 1. The monoisotopic (exact) mass is 399 g/mol. The standard InChI is InChI=1S/C24H30ClNO2/c1-4-22(19-11-10-17-8-6-7-9-18(17)15-19)26-24(27)23(5-2)28-20-12-13-21(25)16(3)14-20/h10-15,22-23H,4-9H2,1-3H3,(H,26,27). The number of benzene rings is 2. The number of nitrogens with one attached hydrogen (secondary N) is 1. The molecule has 0 fully saturated rings. The number of carbonyl (C=O) groups excluding carboxylic acids is 1. The van der Waals surface area contributed by atoms with Crippen molar-refractivity contribution in [2.24, 2.45) is 0 Å². The molecule has 1 N–H and O–H groups in total. The molecule has 0 saturated carbocycles. The Morgan fingerprint density at radius 1 is 1.07 bits per heavy atom. The van der Waals surface area contributed by atoms with Crippen LogP contribution in [-0.4, -0.2) is 12.0 Å². The third-order valence-corrected chi connectivity index (χ3v) is 5.99. The molecule has 3 rings (SSSR count). The topological polar surface area (TPSA) is 38.3 Å². The van der Waals surface area contributed by atoms with E-state index in [2.05, 4.69) is 30.4 Å². The molecule has 1 amide bonds. The third-order valence-electron chi connectivity index (χ3n) is 5.57. The second-order valence-electron chi connectivity index (χ2n) is 7.63. The fourth-order valence-electron chi connectivity index (χ4n) is 3.83. The van der Waals surface area contributed by atoms with Crippen LogP contribution in [0, 0.1) is 6.92 Å². The van der Waals surface area contributed by atoms with Crippen LogP contribution >= 0.6 is 11.6 Å². The predicted octanol–water partition coefficient (Wildman–Crippen LogP) is 5.95. The molecule has 0 heterocycles. The Morgan fingerprint density at radius 2 is 1.82 bits per heavy atom. The van der Waals surface area contributed by atoms with Gasteiger partial charge in [-0.05, 0) is 85.9 Å². The van der Waals surface area contributed by atoms with E-state index in [1.807, 2.05) is 26.0 Å². The summed E-state index contributed by atoms with van der Waals surface area (Å²) in [5.41, 5.74) is 5.03. The summed E-state index contributed by atoms with van der Waals surface area (Å²) in [6.07, 6.45) is 5.78. The quantitative estimate of drug-likeness (QED) is 0.624. The van der Waals surface area contributed by atoms with Gasteiger partial charge in [0.25, 0.3) is 5.91 Å². The number of carbonyl (C=O) groups is 1. The van der Waals surface area contributed by atoms with Crippen LogP contribution in [0.1, 0.15) is 67.8 Å². The highest BCUT2D eigenvalue weighted by molar-refractivity contribution is 6.31. The summed E-state index contributed by atoms with van der Waals surface area (Å²) < 4.78 is 5.96. The maximum Gasteiger partial charge on any atom is 0.261 e. The Bertz CT molecular complexity index is 833. The molecule has 0 saturated heterocycles. The highest BCUT2D eigenvalue weighted by Gasteiger charge is 2.23. The zero-order valence-corrected chi connectivity index (χ0v) is 17.8. The van der Waals surface area contributed by atoms with Gasteiger partial charge in [0, 0.05) is 5.02 Å². The van der Waals surface area contributed by atoms with Gasteiger partial charge in [0.1, 0.15) is 5.75 Å². The maximum absolute atomic E-state index is 12.9. The molecule has 4 heteroatoms. The summed E-state index contributed by atoms with van der Waals surface area (Å²) >= 11 is 6.08. The van der Waals surface area contributed by atoms with Gasteiger partial charge in [0.15, 0.2) is 6.10 Å². The van der Waals surface area contributed by atoms with Crippen LogP contribution in [0.5, 0.6) is 5.75 Å². The fourth-order valence-corrected chi connectivity index (χ4v) is 3.95. The van der Waals surface area contributed by atoms with Crippen LogP contribution < -0.4 is 10.1 Å². The van der Waals surface area contributed by atoms with Gasteiger partial charge in [-0.25, -0.2) is 0 Å². The molecule has 2 aromatic carbocycles. The minimum Gasteiger partial charge on any atom is -0.481 e. The maximum atomic E-state index is 12.9. The molecule has 0 aromatic heterocycles. The molecule has 2 unspecified atom stereocenters. The van der Waals surface area contributed by atoms with E-state index in [0.29, 0.717) is 17.2 Å². The second-order valence-corrected chi connectivity index (χ2v) is 8.04. The third kappa shape index (κ3) is 4.88. The molecule has 1 aliphatic rings. The molecule has 0 radical (unpaired) electrons. The lowest BCUT2D eigenvalue weighted by Crippen LogP contribution is -2.40. The van der Waals surface area contributed by atoms with Crippen molar-refractivity contribution in [3.63, 3.8) is 0 Å². The van der Waals surface area contributed by atoms with E-state index in [1.54, 1.807) is 6.07 Å².